The summed E-state index contributed by atoms with van der Waals surface area (Å²) in [5.41, 5.74) is 6.26. The van der Waals surface area contributed by atoms with E-state index >= 15 is 0 Å². The first kappa shape index (κ1) is 17.1. The molecular formula is C24H20O3. The van der Waals surface area contributed by atoms with Crippen molar-refractivity contribution in [3.63, 3.8) is 0 Å². The van der Waals surface area contributed by atoms with Gasteiger partial charge >= 0.3 is 5.97 Å². The van der Waals surface area contributed by atoms with E-state index in [0.29, 0.717) is 13.0 Å². The molecule has 0 saturated heterocycles. The number of ether oxygens (including phenoxy) is 1. The molecular weight excluding hydrogens is 336 g/mol. The Kier molecular flexibility index (Phi) is 4.75. The van der Waals surface area contributed by atoms with Crippen LogP contribution in [0.15, 0.2) is 83.5 Å². The van der Waals surface area contributed by atoms with Crippen LogP contribution in [0.1, 0.15) is 12.5 Å². The molecule has 3 aromatic carbocycles. The number of hydrogen-bond donors (Lipinski definition) is 0. The second-order valence-electron chi connectivity index (χ2n) is 6.41. The van der Waals surface area contributed by atoms with Gasteiger partial charge in [-0.25, -0.2) is 0 Å². The quantitative estimate of drug-likeness (QED) is 0.420. The van der Waals surface area contributed by atoms with E-state index in [1.54, 1.807) is 0 Å². The van der Waals surface area contributed by atoms with Gasteiger partial charge < -0.3 is 9.15 Å². The molecule has 3 nitrogen and oxygen atoms in total. The van der Waals surface area contributed by atoms with Gasteiger partial charge in [-0.1, -0.05) is 60.7 Å². The van der Waals surface area contributed by atoms with Crippen LogP contribution in [0, 0.1) is 0 Å². The van der Waals surface area contributed by atoms with Crippen LogP contribution in [0.4, 0.5) is 0 Å². The number of carbonyl (C=O) groups is 1. The van der Waals surface area contributed by atoms with Crippen LogP contribution in [0.3, 0.4) is 0 Å². The summed E-state index contributed by atoms with van der Waals surface area (Å²) < 4.78 is 10.7. The van der Waals surface area contributed by atoms with Crippen LogP contribution in [-0.2, 0) is 16.0 Å². The Morgan fingerprint density at radius 3 is 2.37 bits per heavy atom. The molecule has 0 unspecified atom stereocenters. The Balaban J connectivity index is 1.65. The summed E-state index contributed by atoms with van der Waals surface area (Å²) in [6, 6.07) is 24.5. The van der Waals surface area contributed by atoms with Gasteiger partial charge in [0.15, 0.2) is 0 Å². The summed E-state index contributed by atoms with van der Waals surface area (Å²) in [6.07, 6.45) is 2.11. The molecule has 0 atom stereocenters. The molecule has 4 rings (SSSR count). The van der Waals surface area contributed by atoms with E-state index in [2.05, 4.69) is 24.3 Å². The molecule has 0 N–H and O–H groups in total. The number of rotatable bonds is 5. The third-order valence-corrected chi connectivity index (χ3v) is 4.60. The van der Waals surface area contributed by atoms with Crippen LogP contribution >= 0.6 is 0 Å². The van der Waals surface area contributed by atoms with E-state index in [9.17, 15) is 4.79 Å². The summed E-state index contributed by atoms with van der Waals surface area (Å²) in [4.78, 5) is 11.6. The first-order chi connectivity index (χ1) is 13.2. The minimum Gasteiger partial charge on any atom is -0.466 e. The maximum absolute atomic E-state index is 11.6. The van der Waals surface area contributed by atoms with Gasteiger partial charge in [0, 0.05) is 10.9 Å². The predicted molar refractivity (Wildman–Crippen MR) is 107 cm³/mol. The molecule has 0 aliphatic rings. The molecule has 3 heteroatoms. The summed E-state index contributed by atoms with van der Waals surface area (Å²) >= 11 is 0. The second-order valence-corrected chi connectivity index (χ2v) is 6.41. The molecule has 0 aliphatic carbocycles. The molecule has 0 amide bonds. The standard InChI is InChI=1S/C24H20O3/c1-2-26-24(25)14-17-8-10-18(11-9-17)20-12-13-23-21(15-20)22(16-27-23)19-6-4-3-5-7-19/h3-13,15-16H,2,14H2,1H3. The van der Waals surface area contributed by atoms with Crippen molar-refractivity contribution < 1.29 is 13.9 Å². The highest BCUT2D eigenvalue weighted by Gasteiger charge is 2.10. The van der Waals surface area contributed by atoms with Crippen molar-refractivity contribution in [2.24, 2.45) is 0 Å². The molecule has 0 bridgehead atoms. The number of hydrogen-bond acceptors (Lipinski definition) is 3. The topological polar surface area (TPSA) is 39.4 Å². The lowest BCUT2D eigenvalue weighted by atomic mass is 9.99. The zero-order chi connectivity index (χ0) is 18.6. The minimum absolute atomic E-state index is 0.197. The van der Waals surface area contributed by atoms with Gasteiger partial charge in [-0.2, -0.15) is 0 Å². The van der Waals surface area contributed by atoms with E-state index in [1.807, 2.05) is 61.7 Å². The van der Waals surface area contributed by atoms with E-state index < -0.39 is 0 Å². The number of carbonyl (C=O) groups excluding carboxylic acids is 1. The lowest BCUT2D eigenvalue weighted by Crippen LogP contribution is -2.07. The molecule has 134 valence electrons. The minimum atomic E-state index is -0.197. The maximum atomic E-state index is 11.6. The summed E-state index contributed by atoms with van der Waals surface area (Å²) in [6.45, 7) is 2.22. The van der Waals surface area contributed by atoms with Crippen molar-refractivity contribution >= 4 is 16.9 Å². The Bertz CT molecular complexity index is 1060. The number of furan rings is 1. The fraction of sp³-hybridized carbons (Fsp3) is 0.125. The third-order valence-electron chi connectivity index (χ3n) is 4.60. The van der Waals surface area contributed by atoms with Gasteiger partial charge in [-0.05, 0) is 41.3 Å². The van der Waals surface area contributed by atoms with Gasteiger partial charge in [0.05, 0.1) is 19.3 Å². The fourth-order valence-electron chi connectivity index (χ4n) is 3.24. The summed E-state index contributed by atoms with van der Waals surface area (Å²) in [5, 5.41) is 1.09. The van der Waals surface area contributed by atoms with Crippen LogP contribution < -0.4 is 0 Å². The molecule has 4 aromatic rings. The maximum Gasteiger partial charge on any atom is 0.310 e. The fourth-order valence-corrected chi connectivity index (χ4v) is 3.24. The molecule has 1 heterocycles. The highest BCUT2D eigenvalue weighted by molar-refractivity contribution is 5.96. The van der Waals surface area contributed by atoms with Crippen LogP contribution in [0.25, 0.3) is 33.2 Å². The molecule has 0 spiro atoms. The van der Waals surface area contributed by atoms with Crippen LogP contribution in [0.5, 0.6) is 0 Å². The number of benzene rings is 3. The van der Waals surface area contributed by atoms with Gasteiger partial charge in [0.25, 0.3) is 0 Å². The van der Waals surface area contributed by atoms with E-state index in [4.69, 9.17) is 9.15 Å². The van der Waals surface area contributed by atoms with Crippen molar-refractivity contribution in [1.29, 1.82) is 0 Å². The summed E-state index contributed by atoms with van der Waals surface area (Å²) in [7, 11) is 0. The van der Waals surface area contributed by atoms with Crippen molar-refractivity contribution in [2.45, 2.75) is 13.3 Å². The van der Waals surface area contributed by atoms with Gasteiger partial charge in [0.2, 0.25) is 0 Å². The second kappa shape index (κ2) is 7.50. The van der Waals surface area contributed by atoms with Gasteiger partial charge in [-0.15, -0.1) is 0 Å². The zero-order valence-electron chi connectivity index (χ0n) is 15.1. The average Bonchev–Trinajstić information content (AvgIpc) is 3.12. The first-order valence-corrected chi connectivity index (χ1v) is 9.06. The average molecular weight is 356 g/mol. The lowest BCUT2D eigenvalue weighted by molar-refractivity contribution is -0.142. The Morgan fingerprint density at radius 1 is 0.889 bits per heavy atom. The predicted octanol–water partition coefficient (Wildman–Crippen LogP) is 5.87. The first-order valence-electron chi connectivity index (χ1n) is 9.06. The zero-order valence-corrected chi connectivity index (χ0v) is 15.1. The van der Waals surface area contributed by atoms with E-state index in [-0.39, 0.29) is 5.97 Å². The molecule has 27 heavy (non-hydrogen) atoms. The normalized spacial score (nSPS) is 10.9. The SMILES string of the molecule is CCOC(=O)Cc1ccc(-c2ccc3occ(-c4ccccc4)c3c2)cc1. The highest BCUT2D eigenvalue weighted by Crippen LogP contribution is 2.33. The van der Waals surface area contributed by atoms with Crippen LogP contribution in [-0.4, -0.2) is 12.6 Å². The van der Waals surface area contributed by atoms with E-state index in [1.165, 1.54) is 0 Å². The highest BCUT2D eigenvalue weighted by atomic mass is 16.5. The van der Waals surface area contributed by atoms with Crippen molar-refractivity contribution in [1.82, 2.24) is 0 Å². The smallest absolute Gasteiger partial charge is 0.310 e. The molecule has 1 aromatic heterocycles. The van der Waals surface area contributed by atoms with Gasteiger partial charge in [0.1, 0.15) is 5.58 Å². The Hall–Kier alpha value is -3.33. The van der Waals surface area contributed by atoms with Crippen molar-refractivity contribution in [3.8, 4) is 22.3 Å². The Labute approximate surface area is 158 Å². The number of fused-ring (bicyclic) bond motifs is 1. The Morgan fingerprint density at radius 2 is 1.63 bits per heavy atom. The van der Waals surface area contributed by atoms with Crippen molar-refractivity contribution in [2.75, 3.05) is 6.61 Å². The van der Waals surface area contributed by atoms with Gasteiger partial charge in [-0.3, -0.25) is 4.79 Å². The molecule has 0 fully saturated rings. The monoisotopic (exact) mass is 356 g/mol. The molecule has 0 radical (unpaired) electrons. The lowest BCUT2D eigenvalue weighted by Gasteiger charge is -2.06. The largest absolute Gasteiger partial charge is 0.466 e. The number of esters is 1. The van der Waals surface area contributed by atoms with Crippen molar-refractivity contribution in [3.05, 3.63) is 84.6 Å². The molecule has 0 aliphatic heterocycles. The van der Waals surface area contributed by atoms with Crippen LogP contribution in [0.2, 0.25) is 0 Å². The van der Waals surface area contributed by atoms with E-state index in [0.717, 1.165) is 38.8 Å². The molecule has 0 saturated carbocycles. The summed E-state index contributed by atoms with van der Waals surface area (Å²) in [5.74, 6) is -0.197. The third kappa shape index (κ3) is 3.63.